The van der Waals surface area contributed by atoms with Crippen LogP contribution < -0.4 is 24.8 Å². The SMILES string of the molecule is C=C(C)COc1ccccc1NC(=O)CNc1cc(OC)ccc1OC. The molecule has 6 nitrogen and oxygen atoms in total. The van der Waals surface area contributed by atoms with Crippen LogP contribution in [0.1, 0.15) is 6.92 Å². The van der Waals surface area contributed by atoms with Gasteiger partial charge in [-0.2, -0.15) is 0 Å². The molecule has 26 heavy (non-hydrogen) atoms. The zero-order valence-corrected chi connectivity index (χ0v) is 15.3. The van der Waals surface area contributed by atoms with Gasteiger partial charge in [-0.3, -0.25) is 4.79 Å². The molecule has 0 atom stereocenters. The van der Waals surface area contributed by atoms with Crippen molar-refractivity contribution >= 4 is 17.3 Å². The van der Waals surface area contributed by atoms with Gasteiger partial charge in [0.25, 0.3) is 0 Å². The molecular formula is C20H24N2O4. The van der Waals surface area contributed by atoms with E-state index in [9.17, 15) is 4.79 Å². The summed E-state index contributed by atoms with van der Waals surface area (Å²) in [5.74, 6) is 1.69. The third-order valence-electron chi connectivity index (χ3n) is 3.48. The molecule has 0 spiro atoms. The minimum Gasteiger partial charge on any atom is -0.497 e. The number of methoxy groups -OCH3 is 2. The number of ether oxygens (including phenoxy) is 3. The van der Waals surface area contributed by atoms with Crippen molar-refractivity contribution in [3.63, 3.8) is 0 Å². The maximum atomic E-state index is 12.3. The first-order valence-corrected chi connectivity index (χ1v) is 8.15. The molecule has 0 aliphatic carbocycles. The first-order chi connectivity index (χ1) is 12.5. The van der Waals surface area contributed by atoms with Crippen molar-refractivity contribution in [2.75, 3.05) is 38.0 Å². The molecule has 0 unspecified atom stereocenters. The van der Waals surface area contributed by atoms with Crippen molar-refractivity contribution in [3.8, 4) is 17.2 Å². The number of amides is 1. The van der Waals surface area contributed by atoms with Gasteiger partial charge in [0.15, 0.2) is 0 Å². The quantitative estimate of drug-likeness (QED) is 0.671. The zero-order chi connectivity index (χ0) is 18.9. The summed E-state index contributed by atoms with van der Waals surface area (Å²) in [5, 5.41) is 5.90. The van der Waals surface area contributed by atoms with Gasteiger partial charge in [-0.25, -0.2) is 0 Å². The fraction of sp³-hybridized carbons (Fsp3) is 0.250. The van der Waals surface area contributed by atoms with Gasteiger partial charge in [-0.05, 0) is 36.8 Å². The van der Waals surface area contributed by atoms with Gasteiger partial charge < -0.3 is 24.8 Å². The lowest BCUT2D eigenvalue weighted by molar-refractivity contribution is -0.114. The van der Waals surface area contributed by atoms with E-state index in [0.717, 1.165) is 5.57 Å². The van der Waals surface area contributed by atoms with Crippen molar-refractivity contribution in [2.24, 2.45) is 0 Å². The lowest BCUT2D eigenvalue weighted by Gasteiger charge is -2.14. The molecule has 2 aromatic carbocycles. The second-order valence-corrected chi connectivity index (χ2v) is 5.71. The van der Waals surface area contributed by atoms with Crippen LogP contribution in [0.15, 0.2) is 54.6 Å². The number of rotatable bonds is 9. The Morgan fingerprint density at radius 3 is 2.50 bits per heavy atom. The standard InChI is InChI=1S/C20H24N2O4/c1-14(2)13-26-19-8-6-5-7-16(19)22-20(23)12-21-17-11-15(24-3)9-10-18(17)25-4/h5-11,21H,1,12-13H2,2-4H3,(H,22,23). The van der Waals surface area contributed by atoms with Crippen molar-refractivity contribution in [1.82, 2.24) is 0 Å². The molecule has 2 N–H and O–H groups in total. The predicted octanol–water partition coefficient (Wildman–Crippen LogP) is 3.71. The lowest BCUT2D eigenvalue weighted by Crippen LogP contribution is -2.22. The van der Waals surface area contributed by atoms with E-state index in [1.807, 2.05) is 19.1 Å². The van der Waals surface area contributed by atoms with Crippen LogP contribution in [0, 0.1) is 0 Å². The third-order valence-corrected chi connectivity index (χ3v) is 3.48. The van der Waals surface area contributed by atoms with E-state index in [0.29, 0.717) is 35.2 Å². The summed E-state index contributed by atoms with van der Waals surface area (Å²) in [7, 11) is 3.16. The first kappa shape index (κ1) is 19.2. The fourth-order valence-corrected chi connectivity index (χ4v) is 2.22. The van der Waals surface area contributed by atoms with Gasteiger partial charge in [0.05, 0.1) is 32.1 Å². The summed E-state index contributed by atoms with van der Waals surface area (Å²) >= 11 is 0. The van der Waals surface area contributed by atoms with Crippen LogP contribution in [0.2, 0.25) is 0 Å². The highest BCUT2D eigenvalue weighted by atomic mass is 16.5. The molecule has 6 heteroatoms. The molecule has 138 valence electrons. The number of para-hydroxylation sites is 2. The largest absolute Gasteiger partial charge is 0.497 e. The molecule has 0 saturated carbocycles. The van der Waals surface area contributed by atoms with E-state index in [-0.39, 0.29) is 12.5 Å². The fourth-order valence-electron chi connectivity index (χ4n) is 2.22. The molecule has 2 rings (SSSR count). The summed E-state index contributed by atoms with van der Waals surface area (Å²) in [6, 6.07) is 12.6. The molecule has 0 aromatic heterocycles. The van der Waals surface area contributed by atoms with E-state index in [2.05, 4.69) is 17.2 Å². The maximum Gasteiger partial charge on any atom is 0.243 e. The van der Waals surface area contributed by atoms with Crippen molar-refractivity contribution < 1.29 is 19.0 Å². The average Bonchev–Trinajstić information content (AvgIpc) is 2.65. The number of carbonyl (C=O) groups excluding carboxylic acids is 1. The summed E-state index contributed by atoms with van der Waals surface area (Å²) < 4.78 is 16.1. The molecule has 1 amide bonds. The molecule has 2 aromatic rings. The molecule has 0 heterocycles. The minimum atomic E-state index is -0.207. The highest BCUT2D eigenvalue weighted by Gasteiger charge is 2.10. The number of benzene rings is 2. The second kappa shape index (κ2) is 9.36. The van der Waals surface area contributed by atoms with Crippen molar-refractivity contribution in [1.29, 1.82) is 0 Å². The molecule has 0 radical (unpaired) electrons. The summed E-state index contributed by atoms with van der Waals surface area (Å²) in [4.78, 5) is 12.3. The predicted molar refractivity (Wildman–Crippen MR) is 103 cm³/mol. The van der Waals surface area contributed by atoms with E-state index in [1.165, 1.54) is 0 Å². The number of nitrogens with one attached hydrogen (secondary N) is 2. The summed E-state index contributed by atoms with van der Waals surface area (Å²) in [6.45, 7) is 6.15. The Labute approximate surface area is 153 Å². The zero-order valence-electron chi connectivity index (χ0n) is 15.3. The molecule has 0 bridgehead atoms. The first-order valence-electron chi connectivity index (χ1n) is 8.15. The highest BCUT2D eigenvalue weighted by Crippen LogP contribution is 2.29. The Kier molecular flexibility index (Phi) is 6.91. The molecule has 0 aliphatic rings. The van der Waals surface area contributed by atoms with Crippen LogP contribution in [0.25, 0.3) is 0 Å². The van der Waals surface area contributed by atoms with E-state index >= 15 is 0 Å². The third kappa shape index (κ3) is 5.44. The summed E-state index contributed by atoms with van der Waals surface area (Å²) in [6.07, 6.45) is 0. The Morgan fingerprint density at radius 1 is 1.04 bits per heavy atom. The Morgan fingerprint density at radius 2 is 1.81 bits per heavy atom. The average molecular weight is 356 g/mol. The second-order valence-electron chi connectivity index (χ2n) is 5.71. The Hall–Kier alpha value is -3.15. The van der Waals surface area contributed by atoms with Gasteiger partial charge in [0, 0.05) is 6.07 Å². The normalized spacial score (nSPS) is 9.96. The van der Waals surface area contributed by atoms with E-state index in [4.69, 9.17) is 14.2 Å². The smallest absolute Gasteiger partial charge is 0.243 e. The Balaban J connectivity index is 2.01. The van der Waals surface area contributed by atoms with Gasteiger partial charge in [-0.15, -0.1) is 0 Å². The van der Waals surface area contributed by atoms with E-state index < -0.39 is 0 Å². The molecular weight excluding hydrogens is 332 g/mol. The number of hydrogen-bond donors (Lipinski definition) is 2. The topological polar surface area (TPSA) is 68.8 Å². The molecule has 0 saturated heterocycles. The number of hydrogen-bond acceptors (Lipinski definition) is 5. The Bertz CT molecular complexity index is 774. The van der Waals surface area contributed by atoms with E-state index in [1.54, 1.807) is 44.6 Å². The number of carbonyl (C=O) groups is 1. The number of anilines is 2. The monoisotopic (exact) mass is 356 g/mol. The summed E-state index contributed by atoms with van der Waals surface area (Å²) in [5.41, 5.74) is 2.19. The van der Waals surface area contributed by atoms with Gasteiger partial charge >= 0.3 is 0 Å². The van der Waals surface area contributed by atoms with Crippen LogP contribution in [0.5, 0.6) is 17.2 Å². The van der Waals surface area contributed by atoms with Crippen LogP contribution in [-0.2, 0) is 4.79 Å². The lowest BCUT2D eigenvalue weighted by atomic mass is 10.2. The molecule has 0 aliphatic heterocycles. The minimum absolute atomic E-state index is 0.0678. The van der Waals surface area contributed by atoms with Gasteiger partial charge in [-0.1, -0.05) is 18.7 Å². The van der Waals surface area contributed by atoms with Crippen LogP contribution in [0.4, 0.5) is 11.4 Å². The molecule has 0 fully saturated rings. The van der Waals surface area contributed by atoms with Gasteiger partial charge in [0.2, 0.25) is 5.91 Å². The van der Waals surface area contributed by atoms with Crippen LogP contribution in [0.3, 0.4) is 0 Å². The van der Waals surface area contributed by atoms with Gasteiger partial charge in [0.1, 0.15) is 23.9 Å². The maximum absolute atomic E-state index is 12.3. The highest BCUT2D eigenvalue weighted by molar-refractivity contribution is 5.95. The van der Waals surface area contributed by atoms with Crippen LogP contribution in [-0.4, -0.2) is 33.3 Å². The van der Waals surface area contributed by atoms with Crippen molar-refractivity contribution in [2.45, 2.75) is 6.92 Å². The van der Waals surface area contributed by atoms with Crippen LogP contribution >= 0.6 is 0 Å². The van der Waals surface area contributed by atoms with Crippen molar-refractivity contribution in [3.05, 3.63) is 54.6 Å².